The van der Waals surface area contributed by atoms with E-state index in [1.54, 1.807) is 6.20 Å². The van der Waals surface area contributed by atoms with Gasteiger partial charge in [-0.15, -0.1) is 0 Å². The Morgan fingerprint density at radius 1 is 1.35 bits per heavy atom. The number of aromatic nitrogens is 2. The lowest BCUT2D eigenvalue weighted by molar-refractivity contribution is 0.171. The van der Waals surface area contributed by atoms with E-state index in [0.717, 1.165) is 22.9 Å². The molecule has 1 aromatic heterocycles. The second-order valence-electron chi connectivity index (χ2n) is 4.78. The van der Waals surface area contributed by atoms with Crippen molar-refractivity contribution in [3.05, 3.63) is 42.0 Å². The predicted molar refractivity (Wildman–Crippen MR) is 74.4 cm³/mol. The summed E-state index contributed by atoms with van der Waals surface area (Å²) in [6, 6.07) is 5.88. The van der Waals surface area contributed by atoms with Gasteiger partial charge in [-0.25, -0.2) is 4.98 Å². The zero-order chi connectivity index (χ0) is 13.9. The number of nitrogens with zero attached hydrogens (tertiary/aromatic N) is 2. The summed E-state index contributed by atoms with van der Waals surface area (Å²) in [6.45, 7) is 1.18. The van der Waals surface area contributed by atoms with Crippen molar-refractivity contribution in [2.75, 3.05) is 13.2 Å². The van der Waals surface area contributed by atoms with E-state index in [-0.39, 0.29) is 6.04 Å². The first-order valence-corrected chi connectivity index (χ1v) is 6.60. The first kappa shape index (κ1) is 13.0. The Bertz CT molecular complexity index is 597. The van der Waals surface area contributed by atoms with Gasteiger partial charge in [0.05, 0.1) is 6.04 Å². The largest absolute Gasteiger partial charge is 0.486 e. The van der Waals surface area contributed by atoms with Gasteiger partial charge in [0, 0.05) is 25.9 Å². The Kier molecular flexibility index (Phi) is 3.58. The summed E-state index contributed by atoms with van der Waals surface area (Å²) in [4.78, 5) is 4.33. The maximum Gasteiger partial charge on any atom is 0.161 e. The second-order valence-corrected chi connectivity index (χ2v) is 4.78. The Balaban J connectivity index is 1.84. The zero-order valence-electron chi connectivity index (χ0n) is 11.4. The van der Waals surface area contributed by atoms with Crippen LogP contribution in [0.4, 0.5) is 0 Å². The fourth-order valence-corrected chi connectivity index (χ4v) is 2.33. The SMILES string of the molecule is Cn1ccnc1CC(NN)c1ccc2c(c1)OCCO2. The van der Waals surface area contributed by atoms with Crippen LogP contribution in [0.2, 0.25) is 0 Å². The number of ether oxygens (including phenoxy) is 2. The van der Waals surface area contributed by atoms with Crippen molar-refractivity contribution >= 4 is 0 Å². The van der Waals surface area contributed by atoms with Gasteiger partial charge in [0.25, 0.3) is 0 Å². The molecule has 1 unspecified atom stereocenters. The van der Waals surface area contributed by atoms with Gasteiger partial charge in [-0.2, -0.15) is 0 Å². The molecule has 3 rings (SSSR count). The third-order valence-corrected chi connectivity index (χ3v) is 3.48. The van der Waals surface area contributed by atoms with Gasteiger partial charge < -0.3 is 14.0 Å². The van der Waals surface area contributed by atoms with E-state index < -0.39 is 0 Å². The minimum Gasteiger partial charge on any atom is -0.486 e. The predicted octanol–water partition coefficient (Wildman–Crippen LogP) is 0.938. The number of aryl methyl sites for hydroxylation is 1. The Morgan fingerprint density at radius 2 is 2.15 bits per heavy atom. The van der Waals surface area contributed by atoms with Gasteiger partial charge in [0.2, 0.25) is 0 Å². The number of hydrogen-bond donors (Lipinski definition) is 2. The first-order chi connectivity index (χ1) is 9.78. The van der Waals surface area contributed by atoms with Crippen molar-refractivity contribution < 1.29 is 9.47 Å². The second kappa shape index (κ2) is 5.52. The fourth-order valence-electron chi connectivity index (χ4n) is 2.33. The molecule has 3 N–H and O–H groups in total. The molecule has 0 saturated heterocycles. The van der Waals surface area contributed by atoms with Crippen LogP contribution in [0.25, 0.3) is 0 Å². The standard InChI is InChI=1S/C14H18N4O2/c1-18-5-4-16-14(18)9-11(17-15)10-2-3-12-13(8-10)20-7-6-19-12/h2-5,8,11,17H,6-7,9,15H2,1H3. The molecule has 0 bridgehead atoms. The van der Waals surface area contributed by atoms with E-state index in [9.17, 15) is 0 Å². The third kappa shape index (κ3) is 2.48. The van der Waals surface area contributed by atoms with Crippen molar-refractivity contribution in [2.24, 2.45) is 12.9 Å². The highest BCUT2D eigenvalue weighted by molar-refractivity contribution is 5.44. The Morgan fingerprint density at radius 3 is 2.85 bits per heavy atom. The molecule has 106 valence electrons. The van der Waals surface area contributed by atoms with Gasteiger partial charge in [-0.1, -0.05) is 6.07 Å². The van der Waals surface area contributed by atoms with E-state index in [4.69, 9.17) is 15.3 Å². The van der Waals surface area contributed by atoms with Crippen molar-refractivity contribution in [1.29, 1.82) is 0 Å². The summed E-state index contributed by atoms with van der Waals surface area (Å²) in [6.07, 6.45) is 4.42. The van der Waals surface area contributed by atoms with Crippen LogP contribution in [0.15, 0.2) is 30.6 Å². The molecule has 0 aliphatic carbocycles. The highest BCUT2D eigenvalue weighted by Gasteiger charge is 2.17. The molecule has 0 saturated carbocycles. The molecule has 0 radical (unpaired) electrons. The average Bonchev–Trinajstić information content (AvgIpc) is 2.89. The number of nitrogens with one attached hydrogen (secondary N) is 1. The lowest BCUT2D eigenvalue weighted by Gasteiger charge is -2.21. The third-order valence-electron chi connectivity index (χ3n) is 3.48. The van der Waals surface area contributed by atoms with Crippen LogP contribution in [0.5, 0.6) is 11.5 Å². The van der Waals surface area contributed by atoms with Gasteiger partial charge in [0.1, 0.15) is 19.0 Å². The molecule has 20 heavy (non-hydrogen) atoms. The summed E-state index contributed by atoms with van der Waals surface area (Å²) in [5.41, 5.74) is 3.90. The van der Waals surface area contributed by atoms with E-state index >= 15 is 0 Å². The average molecular weight is 274 g/mol. The van der Waals surface area contributed by atoms with Gasteiger partial charge in [-0.05, 0) is 17.7 Å². The van der Waals surface area contributed by atoms with Gasteiger partial charge in [0.15, 0.2) is 11.5 Å². The van der Waals surface area contributed by atoms with Crippen molar-refractivity contribution in [2.45, 2.75) is 12.5 Å². The summed E-state index contributed by atoms with van der Waals surface area (Å²) in [7, 11) is 1.97. The van der Waals surface area contributed by atoms with E-state index in [1.165, 1.54) is 0 Å². The fraction of sp³-hybridized carbons (Fsp3) is 0.357. The van der Waals surface area contributed by atoms with Gasteiger partial charge in [-0.3, -0.25) is 11.3 Å². The molecule has 1 aromatic carbocycles. The summed E-state index contributed by atoms with van der Waals surface area (Å²) in [5.74, 6) is 8.22. The number of rotatable bonds is 4. The molecule has 1 aliphatic heterocycles. The van der Waals surface area contributed by atoms with Crippen LogP contribution >= 0.6 is 0 Å². The van der Waals surface area contributed by atoms with Crippen LogP contribution in [-0.4, -0.2) is 22.8 Å². The molecule has 2 heterocycles. The zero-order valence-corrected chi connectivity index (χ0v) is 11.4. The summed E-state index contributed by atoms with van der Waals surface area (Å²) >= 11 is 0. The number of hydrogen-bond acceptors (Lipinski definition) is 5. The molecule has 1 atom stereocenters. The van der Waals surface area contributed by atoms with Crippen LogP contribution < -0.4 is 20.7 Å². The number of imidazole rings is 1. The van der Waals surface area contributed by atoms with Crippen LogP contribution in [0.3, 0.4) is 0 Å². The molecular weight excluding hydrogens is 256 g/mol. The molecule has 0 amide bonds. The molecule has 0 fully saturated rings. The Labute approximate surface area is 117 Å². The molecular formula is C14H18N4O2. The quantitative estimate of drug-likeness (QED) is 0.641. The number of nitrogens with two attached hydrogens (primary N) is 1. The molecule has 6 nitrogen and oxygen atoms in total. The molecule has 0 spiro atoms. The van der Waals surface area contributed by atoms with E-state index in [1.807, 2.05) is 36.0 Å². The topological polar surface area (TPSA) is 74.3 Å². The number of hydrazine groups is 1. The van der Waals surface area contributed by atoms with Crippen LogP contribution in [0, 0.1) is 0 Å². The van der Waals surface area contributed by atoms with E-state index in [2.05, 4.69) is 10.4 Å². The van der Waals surface area contributed by atoms with E-state index in [0.29, 0.717) is 19.6 Å². The highest BCUT2D eigenvalue weighted by Crippen LogP contribution is 2.33. The number of benzene rings is 1. The minimum atomic E-state index is -0.0214. The maximum absolute atomic E-state index is 5.69. The highest BCUT2D eigenvalue weighted by atomic mass is 16.6. The lowest BCUT2D eigenvalue weighted by Crippen LogP contribution is -2.30. The minimum absolute atomic E-state index is 0.0214. The van der Waals surface area contributed by atoms with Gasteiger partial charge >= 0.3 is 0 Å². The van der Waals surface area contributed by atoms with Crippen LogP contribution in [-0.2, 0) is 13.5 Å². The Hall–Kier alpha value is -2.05. The summed E-state index contributed by atoms with van der Waals surface area (Å²) in [5, 5.41) is 0. The summed E-state index contributed by atoms with van der Waals surface area (Å²) < 4.78 is 13.1. The number of fused-ring (bicyclic) bond motifs is 1. The lowest BCUT2D eigenvalue weighted by atomic mass is 10.0. The monoisotopic (exact) mass is 274 g/mol. The van der Waals surface area contributed by atoms with Crippen molar-refractivity contribution in [3.8, 4) is 11.5 Å². The smallest absolute Gasteiger partial charge is 0.161 e. The van der Waals surface area contributed by atoms with Crippen molar-refractivity contribution in [1.82, 2.24) is 15.0 Å². The maximum atomic E-state index is 5.69. The molecule has 1 aliphatic rings. The molecule has 6 heteroatoms. The first-order valence-electron chi connectivity index (χ1n) is 6.60. The normalized spacial score (nSPS) is 15.1. The van der Waals surface area contributed by atoms with Crippen LogP contribution in [0.1, 0.15) is 17.4 Å². The van der Waals surface area contributed by atoms with Crippen molar-refractivity contribution in [3.63, 3.8) is 0 Å². The molecule has 2 aromatic rings.